The summed E-state index contributed by atoms with van der Waals surface area (Å²) in [6.45, 7) is 0. The van der Waals surface area contributed by atoms with Gasteiger partial charge in [-0.2, -0.15) is 0 Å². The predicted octanol–water partition coefficient (Wildman–Crippen LogP) is 1.14. The lowest BCUT2D eigenvalue weighted by atomic mass is 9.96. The minimum atomic E-state index is -0.433. The van der Waals surface area contributed by atoms with Crippen LogP contribution >= 0.6 is 0 Å². The van der Waals surface area contributed by atoms with Crippen molar-refractivity contribution in [1.82, 2.24) is 0 Å². The van der Waals surface area contributed by atoms with Crippen LogP contribution < -0.4 is 16.1 Å². The Morgan fingerprint density at radius 2 is 1.96 bits per heavy atom. The second-order valence-electron chi connectivity index (χ2n) is 5.27. The molecule has 1 amide bonds. The van der Waals surface area contributed by atoms with Crippen LogP contribution in [0.25, 0.3) is 5.57 Å². The number of esters is 1. The Morgan fingerprint density at radius 3 is 2.65 bits per heavy atom. The molecule has 0 aromatic heterocycles. The molecule has 0 spiro atoms. The van der Waals surface area contributed by atoms with Crippen molar-refractivity contribution in [3.05, 3.63) is 59.8 Å². The van der Waals surface area contributed by atoms with Crippen LogP contribution in [-0.2, 0) is 9.53 Å². The van der Waals surface area contributed by atoms with Crippen molar-refractivity contribution in [3.8, 4) is 0 Å². The average molecular weight is 306 g/mol. The van der Waals surface area contributed by atoms with E-state index in [-0.39, 0.29) is 5.91 Å². The Labute approximate surface area is 134 Å². The standard InChI is InChI=1S/C17H15BN2O3/c1-23-17(22)10-2-7-13-14(16(21)20-15(13)8-10)9-19-12-5-3-11(18)4-6-12/h2-9,19H,18H2,1H3,(H,20,21)/b14-9-. The van der Waals surface area contributed by atoms with E-state index in [1.165, 1.54) is 12.6 Å². The monoisotopic (exact) mass is 306 g/mol. The molecule has 0 fully saturated rings. The van der Waals surface area contributed by atoms with Crippen LogP contribution in [0.5, 0.6) is 0 Å². The zero-order valence-corrected chi connectivity index (χ0v) is 12.8. The zero-order chi connectivity index (χ0) is 16.4. The fourth-order valence-electron chi connectivity index (χ4n) is 2.39. The van der Waals surface area contributed by atoms with Gasteiger partial charge in [0, 0.05) is 23.1 Å². The van der Waals surface area contributed by atoms with Crippen molar-refractivity contribution < 1.29 is 14.3 Å². The number of carbonyl (C=O) groups is 2. The average Bonchev–Trinajstić information content (AvgIpc) is 2.88. The Morgan fingerprint density at radius 1 is 1.22 bits per heavy atom. The maximum atomic E-state index is 12.1. The van der Waals surface area contributed by atoms with Crippen LogP contribution in [0.3, 0.4) is 0 Å². The number of hydrogen-bond acceptors (Lipinski definition) is 4. The number of amides is 1. The van der Waals surface area contributed by atoms with Gasteiger partial charge in [-0.3, -0.25) is 4.79 Å². The van der Waals surface area contributed by atoms with Crippen LogP contribution in [0.1, 0.15) is 15.9 Å². The summed E-state index contributed by atoms with van der Waals surface area (Å²) in [5.74, 6) is -0.640. The smallest absolute Gasteiger partial charge is 0.337 e. The highest BCUT2D eigenvalue weighted by atomic mass is 16.5. The van der Waals surface area contributed by atoms with E-state index in [9.17, 15) is 9.59 Å². The minimum absolute atomic E-state index is 0.207. The van der Waals surface area contributed by atoms with Gasteiger partial charge in [-0.05, 0) is 24.3 Å². The molecule has 6 heteroatoms. The summed E-state index contributed by atoms with van der Waals surface area (Å²) < 4.78 is 4.69. The molecule has 114 valence electrons. The van der Waals surface area contributed by atoms with Crippen molar-refractivity contribution in [2.75, 3.05) is 17.7 Å². The van der Waals surface area contributed by atoms with Gasteiger partial charge < -0.3 is 15.4 Å². The van der Waals surface area contributed by atoms with Crippen molar-refractivity contribution in [1.29, 1.82) is 0 Å². The van der Waals surface area contributed by atoms with Gasteiger partial charge in [-0.25, -0.2) is 4.79 Å². The number of fused-ring (bicyclic) bond motifs is 1. The molecule has 0 aliphatic carbocycles. The largest absolute Gasteiger partial charge is 0.465 e. The third kappa shape index (κ3) is 2.96. The number of hydrogen-bond donors (Lipinski definition) is 2. The minimum Gasteiger partial charge on any atom is -0.465 e. The fourth-order valence-corrected chi connectivity index (χ4v) is 2.39. The van der Waals surface area contributed by atoms with Crippen molar-refractivity contribution in [2.24, 2.45) is 0 Å². The number of benzene rings is 2. The van der Waals surface area contributed by atoms with Crippen LogP contribution in [0.2, 0.25) is 0 Å². The first-order valence-corrected chi connectivity index (χ1v) is 7.16. The van der Waals surface area contributed by atoms with Gasteiger partial charge >= 0.3 is 5.97 Å². The molecule has 2 N–H and O–H groups in total. The number of rotatable bonds is 3. The topological polar surface area (TPSA) is 67.4 Å². The van der Waals surface area contributed by atoms with Gasteiger partial charge in [0.05, 0.1) is 18.2 Å². The van der Waals surface area contributed by atoms with Crippen LogP contribution in [0.15, 0.2) is 48.7 Å². The SMILES string of the molecule is Bc1ccc(N/C=C2\C(=O)Nc3cc(C(=O)OC)ccc32)cc1. The maximum absolute atomic E-state index is 12.1. The summed E-state index contributed by atoms with van der Waals surface area (Å²) in [7, 11) is 3.34. The summed E-state index contributed by atoms with van der Waals surface area (Å²) in [5.41, 5.74) is 4.35. The van der Waals surface area contributed by atoms with E-state index in [0.29, 0.717) is 16.8 Å². The fraction of sp³-hybridized carbons (Fsp3) is 0.0588. The van der Waals surface area contributed by atoms with Crippen LogP contribution in [0, 0.1) is 0 Å². The highest BCUT2D eigenvalue weighted by molar-refractivity contribution is 6.32. The van der Waals surface area contributed by atoms with E-state index in [1.54, 1.807) is 24.4 Å². The van der Waals surface area contributed by atoms with Gasteiger partial charge in [0.25, 0.3) is 5.91 Å². The lowest BCUT2D eigenvalue weighted by Gasteiger charge is -2.04. The molecule has 3 rings (SSSR count). The molecule has 1 aliphatic rings. The maximum Gasteiger partial charge on any atom is 0.337 e. The molecular formula is C17H15BN2O3. The lowest BCUT2D eigenvalue weighted by molar-refractivity contribution is -0.110. The molecule has 2 aromatic carbocycles. The summed E-state index contributed by atoms with van der Waals surface area (Å²) in [4.78, 5) is 23.7. The quantitative estimate of drug-likeness (QED) is 0.507. The molecule has 2 aromatic rings. The Hall–Kier alpha value is -3.02. The molecule has 0 unspecified atom stereocenters. The molecule has 0 saturated heterocycles. The van der Waals surface area contributed by atoms with E-state index >= 15 is 0 Å². The molecule has 0 bridgehead atoms. The highest BCUT2D eigenvalue weighted by Crippen LogP contribution is 2.32. The second kappa shape index (κ2) is 6.00. The first kappa shape index (κ1) is 14.9. The second-order valence-corrected chi connectivity index (χ2v) is 5.27. The van der Waals surface area contributed by atoms with E-state index in [0.717, 1.165) is 11.3 Å². The Kier molecular flexibility index (Phi) is 3.89. The Balaban J connectivity index is 1.88. The number of nitrogens with one attached hydrogen (secondary N) is 2. The molecule has 0 saturated carbocycles. The van der Waals surface area contributed by atoms with Crippen LogP contribution in [-0.4, -0.2) is 26.8 Å². The predicted molar refractivity (Wildman–Crippen MR) is 92.6 cm³/mol. The van der Waals surface area contributed by atoms with E-state index < -0.39 is 5.97 Å². The summed E-state index contributed by atoms with van der Waals surface area (Å²) in [6.07, 6.45) is 1.67. The molecule has 23 heavy (non-hydrogen) atoms. The molecule has 5 nitrogen and oxygen atoms in total. The lowest BCUT2D eigenvalue weighted by Crippen LogP contribution is -2.06. The highest BCUT2D eigenvalue weighted by Gasteiger charge is 2.25. The van der Waals surface area contributed by atoms with Gasteiger partial charge in [0.1, 0.15) is 7.85 Å². The van der Waals surface area contributed by atoms with Gasteiger partial charge in [0.15, 0.2) is 0 Å². The van der Waals surface area contributed by atoms with E-state index in [2.05, 4.69) is 15.4 Å². The molecule has 0 atom stereocenters. The van der Waals surface area contributed by atoms with Crippen molar-refractivity contribution >= 4 is 42.1 Å². The number of carbonyl (C=O) groups excluding carboxylic acids is 2. The summed E-state index contributed by atoms with van der Waals surface area (Å²) in [6, 6.07) is 12.9. The number of ether oxygens (including phenoxy) is 1. The Bertz CT molecular complexity index is 813. The van der Waals surface area contributed by atoms with Crippen molar-refractivity contribution in [3.63, 3.8) is 0 Å². The zero-order valence-electron chi connectivity index (χ0n) is 12.8. The van der Waals surface area contributed by atoms with Gasteiger partial charge in [0.2, 0.25) is 0 Å². The van der Waals surface area contributed by atoms with Gasteiger partial charge in [-0.1, -0.05) is 23.7 Å². The van der Waals surface area contributed by atoms with E-state index in [4.69, 9.17) is 0 Å². The molecule has 1 heterocycles. The molecule has 0 radical (unpaired) electrons. The number of anilines is 2. The third-order valence-corrected chi connectivity index (χ3v) is 3.66. The van der Waals surface area contributed by atoms with E-state index in [1.807, 2.05) is 32.1 Å². The molecular weight excluding hydrogens is 291 g/mol. The third-order valence-electron chi connectivity index (χ3n) is 3.66. The first-order chi connectivity index (χ1) is 11.1. The van der Waals surface area contributed by atoms with Gasteiger partial charge in [-0.15, -0.1) is 0 Å². The normalized spacial score (nSPS) is 14.3. The van der Waals surface area contributed by atoms with Crippen LogP contribution in [0.4, 0.5) is 11.4 Å². The summed E-state index contributed by atoms with van der Waals surface area (Å²) in [5, 5.41) is 5.88. The summed E-state index contributed by atoms with van der Waals surface area (Å²) >= 11 is 0. The molecule has 1 aliphatic heterocycles. The first-order valence-electron chi connectivity index (χ1n) is 7.16. The number of methoxy groups -OCH3 is 1. The van der Waals surface area contributed by atoms with Crippen molar-refractivity contribution in [2.45, 2.75) is 0 Å².